The lowest BCUT2D eigenvalue weighted by Crippen LogP contribution is -2.48. The molecule has 1 spiro atoms. The Morgan fingerprint density at radius 1 is 1.03 bits per heavy atom. The van der Waals surface area contributed by atoms with Crippen LogP contribution in [0.25, 0.3) is 0 Å². The van der Waals surface area contributed by atoms with E-state index in [1.807, 2.05) is 23.5 Å². The summed E-state index contributed by atoms with van der Waals surface area (Å²) in [6.07, 6.45) is 11.7. The maximum Gasteiger partial charge on any atom is 0.123 e. The molecular formula is C25H31FO2S. The van der Waals surface area contributed by atoms with Crippen molar-refractivity contribution in [1.29, 1.82) is 0 Å². The van der Waals surface area contributed by atoms with Gasteiger partial charge in [0.05, 0.1) is 12.2 Å². The van der Waals surface area contributed by atoms with Crippen LogP contribution in [0.4, 0.5) is 4.39 Å². The van der Waals surface area contributed by atoms with Gasteiger partial charge in [-0.2, -0.15) is 0 Å². The quantitative estimate of drug-likeness (QED) is 0.540. The van der Waals surface area contributed by atoms with Crippen molar-refractivity contribution in [2.45, 2.75) is 75.2 Å². The highest BCUT2D eigenvalue weighted by atomic mass is 32.1. The van der Waals surface area contributed by atoms with Gasteiger partial charge in [0.25, 0.3) is 0 Å². The minimum atomic E-state index is -0.151. The van der Waals surface area contributed by atoms with Crippen LogP contribution in [0.3, 0.4) is 0 Å². The van der Waals surface area contributed by atoms with Crippen molar-refractivity contribution in [3.63, 3.8) is 0 Å². The number of ether oxygens (including phenoxy) is 2. The van der Waals surface area contributed by atoms with Crippen molar-refractivity contribution in [1.82, 2.24) is 0 Å². The number of benzene rings is 1. The summed E-state index contributed by atoms with van der Waals surface area (Å²) in [4.78, 5) is 1.63. The molecule has 156 valence electrons. The molecule has 0 unspecified atom stereocenters. The molecule has 5 rings (SSSR count). The molecule has 0 saturated carbocycles. The van der Waals surface area contributed by atoms with Crippen LogP contribution in [-0.4, -0.2) is 25.4 Å². The summed E-state index contributed by atoms with van der Waals surface area (Å²) in [5.74, 6) is -0.151. The third-order valence-corrected chi connectivity index (χ3v) is 8.56. The normalized spacial score (nSPS) is 28.9. The Bertz CT molecular complexity index is 837. The van der Waals surface area contributed by atoms with Gasteiger partial charge < -0.3 is 9.47 Å². The summed E-state index contributed by atoms with van der Waals surface area (Å²) in [5, 5.41) is 2.39. The van der Waals surface area contributed by atoms with Gasteiger partial charge in [-0.15, -0.1) is 11.3 Å². The molecule has 1 aliphatic carbocycles. The van der Waals surface area contributed by atoms with E-state index in [-0.39, 0.29) is 16.8 Å². The van der Waals surface area contributed by atoms with Crippen LogP contribution >= 0.6 is 11.3 Å². The Morgan fingerprint density at radius 3 is 2.76 bits per heavy atom. The van der Waals surface area contributed by atoms with E-state index in [0.29, 0.717) is 6.61 Å². The number of fused-ring (bicyclic) bond motifs is 1. The van der Waals surface area contributed by atoms with E-state index in [9.17, 15) is 4.39 Å². The van der Waals surface area contributed by atoms with E-state index < -0.39 is 0 Å². The molecule has 0 amide bonds. The number of thiophene rings is 1. The molecule has 3 aliphatic rings. The largest absolute Gasteiger partial charge is 0.378 e. The number of aryl methyl sites for hydroxylation is 2. The van der Waals surface area contributed by atoms with Crippen LogP contribution in [0.15, 0.2) is 29.6 Å². The lowest BCUT2D eigenvalue weighted by molar-refractivity contribution is -0.108. The second-order valence-electron chi connectivity index (χ2n) is 9.27. The Balaban J connectivity index is 1.30. The minimum Gasteiger partial charge on any atom is -0.378 e. The first kappa shape index (κ1) is 19.7. The van der Waals surface area contributed by atoms with Gasteiger partial charge in [0.2, 0.25) is 0 Å². The average molecular weight is 415 g/mol. The molecule has 0 N–H and O–H groups in total. The first-order valence-electron chi connectivity index (χ1n) is 11.2. The summed E-state index contributed by atoms with van der Waals surface area (Å²) in [6, 6.07) is 7.27. The molecule has 2 aromatic rings. The second kappa shape index (κ2) is 8.13. The van der Waals surface area contributed by atoms with Crippen molar-refractivity contribution in [2.75, 3.05) is 19.8 Å². The van der Waals surface area contributed by atoms with Crippen LogP contribution in [0.5, 0.6) is 0 Å². The zero-order valence-corrected chi connectivity index (χ0v) is 18.0. The highest BCUT2D eigenvalue weighted by Gasteiger charge is 2.48. The van der Waals surface area contributed by atoms with E-state index in [4.69, 9.17) is 9.47 Å². The number of hydrogen-bond donors (Lipinski definition) is 0. The average Bonchev–Trinajstić information content (AvgIpc) is 3.45. The molecule has 2 saturated heterocycles. The van der Waals surface area contributed by atoms with Crippen molar-refractivity contribution < 1.29 is 13.9 Å². The summed E-state index contributed by atoms with van der Waals surface area (Å²) in [6.45, 7) is 2.28. The Morgan fingerprint density at radius 2 is 1.93 bits per heavy atom. The zero-order valence-electron chi connectivity index (χ0n) is 17.2. The first-order valence-corrected chi connectivity index (χ1v) is 12.1. The first-order chi connectivity index (χ1) is 14.2. The molecule has 29 heavy (non-hydrogen) atoms. The van der Waals surface area contributed by atoms with Crippen LogP contribution < -0.4 is 0 Å². The Kier molecular flexibility index (Phi) is 5.53. The van der Waals surface area contributed by atoms with Gasteiger partial charge in [-0.1, -0.05) is 18.6 Å². The molecule has 2 nitrogen and oxygen atoms in total. The fourth-order valence-corrected chi connectivity index (χ4v) is 7.04. The van der Waals surface area contributed by atoms with Crippen LogP contribution in [0.2, 0.25) is 0 Å². The van der Waals surface area contributed by atoms with Crippen LogP contribution in [0.1, 0.15) is 66.5 Å². The van der Waals surface area contributed by atoms with E-state index in [1.54, 1.807) is 28.1 Å². The summed E-state index contributed by atoms with van der Waals surface area (Å²) in [7, 11) is 0. The zero-order chi connectivity index (χ0) is 19.7. The second-order valence-corrected chi connectivity index (χ2v) is 10.2. The molecule has 3 heterocycles. The summed E-state index contributed by atoms with van der Waals surface area (Å²) < 4.78 is 25.6. The summed E-state index contributed by atoms with van der Waals surface area (Å²) >= 11 is 1.97. The number of rotatable bonds is 6. The lowest BCUT2D eigenvalue weighted by atomic mass is 9.65. The maximum absolute atomic E-state index is 13.6. The van der Waals surface area contributed by atoms with Crippen molar-refractivity contribution >= 4 is 11.3 Å². The highest BCUT2D eigenvalue weighted by Crippen LogP contribution is 2.48. The molecule has 2 aliphatic heterocycles. The van der Waals surface area contributed by atoms with Gasteiger partial charge in [0.1, 0.15) is 5.82 Å². The molecule has 0 bridgehead atoms. The monoisotopic (exact) mass is 414 g/mol. The van der Waals surface area contributed by atoms with Crippen LogP contribution in [-0.2, 0) is 34.2 Å². The fourth-order valence-electron chi connectivity index (χ4n) is 5.86. The molecule has 4 heteroatoms. The number of unbranched alkanes of at least 4 members (excludes halogenated alkanes) is 1. The van der Waals surface area contributed by atoms with Gasteiger partial charge in [0.15, 0.2) is 0 Å². The van der Waals surface area contributed by atoms with Gasteiger partial charge >= 0.3 is 0 Å². The molecule has 1 aromatic heterocycles. The standard InChI is InChI=1S/C25H31FO2S/c26-21-9-7-20(8-10-21)24(12-15-28-25(17-24)13-14-27-18-25)11-2-1-6-23-22-5-3-4-19(22)16-29-23/h7-10,16H,1-6,11-15,17-18H2/t24-,25-/m1/s1. The molecule has 2 fully saturated rings. The van der Waals surface area contributed by atoms with Gasteiger partial charge in [-0.25, -0.2) is 4.39 Å². The van der Waals surface area contributed by atoms with E-state index in [2.05, 4.69) is 5.38 Å². The van der Waals surface area contributed by atoms with Crippen LogP contribution in [0, 0.1) is 5.82 Å². The molecule has 0 radical (unpaired) electrons. The van der Waals surface area contributed by atoms with Crippen molar-refractivity contribution in [3.8, 4) is 0 Å². The Hall–Kier alpha value is -1.23. The Labute approximate surface area is 177 Å². The molecular weight excluding hydrogens is 383 g/mol. The third-order valence-electron chi connectivity index (χ3n) is 7.42. The topological polar surface area (TPSA) is 18.5 Å². The lowest BCUT2D eigenvalue weighted by Gasteiger charge is -2.46. The molecule has 1 aromatic carbocycles. The highest BCUT2D eigenvalue weighted by molar-refractivity contribution is 7.10. The fraction of sp³-hybridized carbons (Fsp3) is 0.600. The van der Waals surface area contributed by atoms with Crippen molar-refractivity contribution in [3.05, 3.63) is 57.0 Å². The van der Waals surface area contributed by atoms with Gasteiger partial charge in [-0.3, -0.25) is 0 Å². The van der Waals surface area contributed by atoms with Crippen molar-refractivity contribution in [2.24, 2.45) is 0 Å². The molecule has 2 atom stereocenters. The minimum absolute atomic E-state index is 0.0804. The van der Waals surface area contributed by atoms with E-state index >= 15 is 0 Å². The predicted octanol–water partition coefficient (Wildman–Crippen LogP) is 6.00. The predicted molar refractivity (Wildman–Crippen MR) is 115 cm³/mol. The van der Waals surface area contributed by atoms with Gasteiger partial charge in [-0.05, 0) is 85.6 Å². The SMILES string of the molecule is Fc1ccc([C@]2(CCCCc3scc4c3CCC4)CCO[C@]3(CCOC3)C2)cc1. The third kappa shape index (κ3) is 3.92. The van der Waals surface area contributed by atoms with Gasteiger partial charge in [0, 0.05) is 29.9 Å². The van der Waals surface area contributed by atoms with E-state index in [0.717, 1.165) is 38.9 Å². The number of halogens is 1. The smallest absolute Gasteiger partial charge is 0.123 e. The van der Waals surface area contributed by atoms with E-state index in [1.165, 1.54) is 44.1 Å². The maximum atomic E-state index is 13.6. The number of hydrogen-bond acceptors (Lipinski definition) is 3. The summed E-state index contributed by atoms with van der Waals surface area (Å²) in [5.41, 5.74) is 4.50.